The summed E-state index contributed by atoms with van der Waals surface area (Å²) < 4.78 is 2.81. The fraction of sp³-hybridized carbons (Fsp3) is 0.222. The maximum atomic E-state index is 12.5. The second-order valence-electron chi connectivity index (χ2n) is 5.81. The number of benzene rings is 1. The number of amides is 1. The predicted octanol–water partition coefficient (Wildman–Crippen LogP) is 1.71. The first kappa shape index (κ1) is 16.6. The lowest BCUT2D eigenvalue weighted by atomic mass is 10.3. The van der Waals surface area contributed by atoms with E-state index in [1.165, 1.54) is 11.0 Å². The van der Waals surface area contributed by atoms with Crippen molar-refractivity contribution in [1.29, 1.82) is 0 Å². The van der Waals surface area contributed by atoms with Crippen LogP contribution in [-0.2, 0) is 11.3 Å². The van der Waals surface area contributed by atoms with Crippen molar-refractivity contribution in [2.75, 3.05) is 11.9 Å². The third kappa shape index (κ3) is 3.50. The first-order valence-corrected chi connectivity index (χ1v) is 7.89. The summed E-state index contributed by atoms with van der Waals surface area (Å²) in [6, 6.07) is 14.2. The summed E-state index contributed by atoms with van der Waals surface area (Å²) in [7, 11) is 1.67. The first-order valence-electron chi connectivity index (χ1n) is 7.89. The Kier molecular flexibility index (Phi) is 4.47. The molecule has 2 heterocycles. The fourth-order valence-electron chi connectivity index (χ4n) is 2.55. The predicted molar refractivity (Wildman–Crippen MR) is 94.9 cm³/mol. The number of aromatic nitrogens is 4. The van der Waals surface area contributed by atoms with Crippen LogP contribution in [-0.4, -0.2) is 32.5 Å². The molecule has 25 heavy (non-hydrogen) atoms. The largest absolute Gasteiger partial charge is 0.314 e. The zero-order valence-corrected chi connectivity index (χ0v) is 14.4. The fourth-order valence-corrected chi connectivity index (χ4v) is 2.55. The summed E-state index contributed by atoms with van der Waals surface area (Å²) in [6.07, 6.45) is 0. The average molecular weight is 337 g/mol. The van der Waals surface area contributed by atoms with Gasteiger partial charge < -0.3 is 4.90 Å². The van der Waals surface area contributed by atoms with Crippen LogP contribution in [0.4, 0.5) is 5.69 Å². The van der Waals surface area contributed by atoms with E-state index < -0.39 is 0 Å². The molecule has 0 saturated carbocycles. The SMILES string of the molecule is Cc1cc(C)n(-c2ccc(=O)n(CC(=O)N(C)c3ccccc3)n2)n1. The summed E-state index contributed by atoms with van der Waals surface area (Å²) in [4.78, 5) is 26.1. The Hall–Kier alpha value is -3.22. The maximum absolute atomic E-state index is 12.5. The molecule has 3 aromatic rings. The minimum absolute atomic E-state index is 0.142. The molecule has 0 aliphatic carbocycles. The van der Waals surface area contributed by atoms with E-state index in [0.717, 1.165) is 21.8 Å². The topological polar surface area (TPSA) is 73.0 Å². The van der Waals surface area contributed by atoms with Gasteiger partial charge in [-0.25, -0.2) is 9.36 Å². The van der Waals surface area contributed by atoms with Crippen molar-refractivity contribution in [1.82, 2.24) is 19.6 Å². The molecule has 1 aromatic carbocycles. The molecule has 3 rings (SSSR count). The Morgan fingerprint density at radius 1 is 1.08 bits per heavy atom. The van der Waals surface area contributed by atoms with Gasteiger partial charge in [0, 0.05) is 24.5 Å². The van der Waals surface area contributed by atoms with Crippen molar-refractivity contribution < 1.29 is 4.79 Å². The lowest BCUT2D eigenvalue weighted by Crippen LogP contribution is -2.35. The van der Waals surface area contributed by atoms with Gasteiger partial charge in [0.2, 0.25) is 5.91 Å². The molecule has 0 radical (unpaired) electrons. The average Bonchev–Trinajstić information content (AvgIpc) is 2.95. The number of hydrogen-bond acceptors (Lipinski definition) is 4. The van der Waals surface area contributed by atoms with Gasteiger partial charge in [0.1, 0.15) is 6.54 Å². The standard InChI is InChI=1S/C18H19N5O2/c1-13-11-14(2)23(19-13)16-9-10-17(24)22(20-16)12-18(25)21(3)15-7-5-4-6-8-15/h4-11H,12H2,1-3H3. The number of aryl methyl sites for hydroxylation is 2. The molecule has 0 atom stereocenters. The van der Waals surface area contributed by atoms with E-state index in [0.29, 0.717) is 5.82 Å². The molecule has 128 valence electrons. The van der Waals surface area contributed by atoms with Crippen LogP contribution in [0.25, 0.3) is 5.82 Å². The van der Waals surface area contributed by atoms with Gasteiger partial charge in [-0.1, -0.05) is 18.2 Å². The van der Waals surface area contributed by atoms with Gasteiger partial charge in [-0.15, -0.1) is 5.10 Å². The molecule has 0 N–H and O–H groups in total. The van der Waals surface area contributed by atoms with Gasteiger partial charge in [-0.3, -0.25) is 9.59 Å². The normalized spacial score (nSPS) is 10.7. The summed E-state index contributed by atoms with van der Waals surface area (Å²) >= 11 is 0. The number of likely N-dealkylation sites (N-methyl/N-ethyl adjacent to an activating group) is 1. The Labute approximate surface area is 145 Å². The Bertz CT molecular complexity index is 959. The summed E-state index contributed by atoms with van der Waals surface area (Å²) in [5.74, 6) is 0.270. The maximum Gasteiger partial charge on any atom is 0.267 e. The van der Waals surface area contributed by atoms with Crippen molar-refractivity contribution in [3.8, 4) is 5.82 Å². The van der Waals surface area contributed by atoms with Crippen LogP contribution in [0.5, 0.6) is 0 Å². The zero-order chi connectivity index (χ0) is 18.0. The van der Waals surface area contributed by atoms with Crippen LogP contribution < -0.4 is 10.5 Å². The van der Waals surface area contributed by atoms with Gasteiger partial charge in [-0.05, 0) is 38.1 Å². The number of carbonyl (C=O) groups excluding carboxylic acids is 1. The molecule has 0 bridgehead atoms. The first-order chi connectivity index (χ1) is 12.0. The van der Waals surface area contributed by atoms with Crippen molar-refractivity contribution in [3.63, 3.8) is 0 Å². The van der Waals surface area contributed by atoms with E-state index in [9.17, 15) is 9.59 Å². The van der Waals surface area contributed by atoms with Gasteiger partial charge >= 0.3 is 0 Å². The summed E-state index contributed by atoms with van der Waals surface area (Å²) in [5, 5.41) is 8.65. The smallest absolute Gasteiger partial charge is 0.267 e. The number of hydrogen-bond donors (Lipinski definition) is 0. The minimum Gasteiger partial charge on any atom is -0.314 e. The molecule has 7 nitrogen and oxygen atoms in total. The molecule has 0 aliphatic rings. The molecule has 1 amide bonds. The molecule has 0 fully saturated rings. The summed E-state index contributed by atoms with van der Waals surface area (Å²) in [5.41, 5.74) is 2.19. The lowest BCUT2D eigenvalue weighted by Gasteiger charge is -2.17. The van der Waals surface area contributed by atoms with Gasteiger partial charge in [-0.2, -0.15) is 5.10 Å². The second-order valence-corrected chi connectivity index (χ2v) is 5.81. The summed E-state index contributed by atoms with van der Waals surface area (Å²) in [6.45, 7) is 3.65. The highest BCUT2D eigenvalue weighted by molar-refractivity contribution is 5.92. The Morgan fingerprint density at radius 3 is 2.44 bits per heavy atom. The molecule has 0 spiro atoms. The zero-order valence-electron chi connectivity index (χ0n) is 14.4. The van der Waals surface area contributed by atoms with Crippen LogP contribution in [0, 0.1) is 13.8 Å². The second kappa shape index (κ2) is 6.72. The molecular formula is C18H19N5O2. The molecular weight excluding hydrogens is 318 g/mol. The number of nitrogens with zero attached hydrogens (tertiary/aromatic N) is 5. The van der Waals surface area contributed by atoms with E-state index >= 15 is 0 Å². The number of para-hydroxylation sites is 1. The molecule has 0 aliphatic heterocycles. The number of rotatable bonds is 4. The van der Waals surface area contributed by atoms with Crippen molar-refractivity contribution in [3.05, 3.63) is 70.3 Å². The quantitative estimate of drug-likeness (QED) is 0.726. The molecule has 7 heteroatoms. The van der Waals surface area contributed by atoms with Crippen LogP contribution in [0.2, 0.25) is 0 Å². The minimum atomic E-state index is -0.333. The number of carbonyl (C=O) groups is 1. The highest BCUT2D eigenvalue weighted by Gasteiger charge is 2.14. The Morgan fingerprint density at radius 2 is 1.80 bits per heavy atom. The monoisotopic (exact) mass is 337 g/mol. The van der Waals surface area contributed by atoms with Crippen LogP contribution >= 0.6 is 0 Å². The van der Waals surface area contributed by atoms with Gasteiger partial charge in [0.05, 0.1) is 5.69 Å². The Balaban J connectivity index is 1.87. The number of anilines is 1. The van der Waals surface area contributed by atoms with E-state index in [1.807, 2.05) is 50.2 Å². The highest BCUT2D eigenvalue weighted by atomic mass is 16.2. The van der Waals surface area contributed by atoms with Gasteiger partial charge in [0.25, 0.3) is 5.56 Å². The highest BCUT2D eigenvalue weighted by Crippen LogP contribution is 2.12. The van der Waals surface area contributed by atoms with Crippen LogP contribution in [0.1, 0.15) is 11.4 Å². The van der Waals surface area contributed by atoms with Crippen molar-refractivity contribution in [2.45, 2.75) is 20.4 Å². The molecule has 2 aromatic heterocycles. The molecule has 0 unspecified atom stereocenters. The van der Waals surface area contributed by atoms with E-state index in [4.69, 9.17) is 0 Å². The van der Waals surface area contributed by atoms with Crippen LogP contribution in [0.3, 0.4) is 0 Å². The van der Waals surface area contributed by atoms with E-state index in [-0.39, 0.29) is 18.0 Å². The third-order valence-electron chi connectivity index (χ3n) is 3.88. The van der Waals surface area contributed by atoms with E-state index in [2.05, 4.69) is 10.2 Å². The van der Waals surface area contributed by atoms with E-state index in [1.54, 1.807) is 17.8 Å². The van der Waals surface area contributed by atoms with Gasteiger partial charge in [0.15, 0.2) is 5.82 Å². The molecule has 0 saturated heterocycles. The van der Waals surface area contributed by atoms with Crippen molar-refractivity contribution >= 4 is 11.6 Å². The third-order valence-corrected chi connectivity index (χ3v) is 3.88. The van der Waals surface area contributed by atoms with Crippen LogP contribution in [0.15, 0.2) is 53.3 Å². The lowest BCUT2D eigenvalue weighted by molar-refractivity contribution is -0.119. The van der Waals surface area contributed by atoms with Crippen molar-refractivity contribution in [2.24, 2.45) is 0 Å².